The van der Waals surface area contributed by atoms with Gasteiger partial charge in [-0.3, -0.25) is 19.2 Å². The molecule has 9 atom stereocenters. The van der Waals surface area contributed by atoms with E-state index in [-0.39, 0.29) is 39.1 Å². The molecule has 4 rings (SSSR count). The average molecular weight is 624 g/mol. The number of fused-ring (bicyclic) bond motifs is 15. The number of hydrogen-bond donors (Lipinski definition) is 6. The van der Waals surface area contributed by atoms with E-state index in [1.54, 1.807) is 40.7 Å². The van der Waals surface area contributed by atoms with Crippen LogP contribution in [-0.4, -0.2) is 73.2 Å². The predicted octanol–water partition coefficient (Wildman–Crippen LogP) is 3.35. The fourth-order valence-electron chi connectivity index (χ4n) is 6.15. The normalized spacial score (nSPS) is 35.1. The molecule has 2 aliphatic heterocycles. The fraction of sp³-hybridized carbons (Fsp3) is 0.486. The second-order valence-corrected chi connectivity index (χ2v) is 12.7. The molecule has 10 heteroatoms. The Balaban J connectivity index is 2.17. The summed E-state index contributed by atoms with van der Waals surface area (Å²) in [6.45, 7) is 12.6. The number of Topliss-reactive ketones (excluding diaryl/α,β-unsaturated/α-hetero) is 3. The van der Waals surface area contributed by atoms with Crippen LogP contribution in [0.1, 0.15) is 85.1 Å². The van der Waals surface area contributed by atoms with Crippen molar-refractivity contribution in [2.75, 3.05) is 0 Å². The van der Waals surface area contributed by atoms with Crippen LogP contribution < -0.4 is 5.32 Å². The van der Waals surface area contributed by atoms with Gasteiger partial charge >= 0.3 is 0 Å². The number of phenols is 1. The van der Waals surface area contributed by atoms with Crippen molar-refractivity contribution in [2.24, 2.45) is 29.6 Å². The maximum absolute atomic E-state index is 13.8. The number of rotatable bonds is 0. The van der Waals surface area contributed by atoms with Gasteiger partial charge in [0.05, 0.1) is 35.7 Å². The van der Waals surface area contributed by atoms with Crippen LogP contribution in [0.3, 0.4) is 0 Å². The standard InChI is InChI=1S/C35H45NO9/c1-15-11-9-10-12-24(37)36-27-19(5)34(44)25-23(35(27)45)14-18(4)31(41)26(25)30(40)17(3)13-16(2)29(39)21(7)33(43)22(8)32(42)20(6)28(15)38/h9-16,20-22,28-29,32-33,38-39,41-43H,1-8H3,(H,36,37)/b11-9+,12-10+,17-13+/t15-,16-,20+,21+,22+,28-,29-,32+,33+/m0/s1. The summed E-state index contributed by atoms with van der Waals surface area (Å²) in [5.74, 6) is -6.57. The molecule has 0 spiro atoms. The van der Waals surface area contributed by atoms with Crippen molar-refractivity contribution in [1.82, 2.24) is 5.32 Å². The molecule has 10 nitrogen and oxygen atoms in total. The summed E-state index contributed by atoms with van der Waals surface area (Å²) < 4.78 is 0. The zero-order valence-electron chi connectivity index (χ0n) is 27.0. The van der Waals surface area contributed by atoms with Crippen LogP contribution in [-0.2, 0) is 4.79 Å². The van der Waals surface area contributed by atoms with Crippen molar-refractivity contribution in [3.63, 3.8) is 0 Å². The first-order valence-corrected chi connectivity index (χ1v) is 15.2. The van der Waals surface area contributed by atoms with Crippen LogP contribution in [0.2, 0.25) is 0 Å². The van der Waals surface area contributed by atoms with Gasteiger partial charge in [0.1, 0.15) is 5.75 Å². The largest absolute Gasteiger partial charge is 0.507 e. The summed E-state index contributed by atoms with van der Waals surface area (Å²) in [6.07, 6.45) is 2.72. The third-order valence-corrected chi connectivity index (χ3v) is 9.33. The maximum atomic E-state index is 13.8. The lowest BCUT2D eigenvalue weighted by Gasteiger charge is -2.36. The molecule has 45 heavy (non-hydrogen) atoms. The second kappa shape index (κ2) is 14.2. The van der Waals surface area contributed by atoms with Gasteiger partial charge in [0.25, 0.3) is 0 Å². The van der Waals surface area contributed by atoms with E-state index in [9.17, 15) is 44.7 Å². The van der Waals surface area contributed by atoms with Crippen LogP contribution in [0.15, 0.2) is 53.3 Å². The minimum absolute atomic E-state index is 0.0853. The Morgan fingerprint density at radius 3 is 1.78 bits per heavy atom. The molecule has 1 aliphatic carbocycles. The first-order chi connectivity index (χ1) is 20.9. The van der Waals surface area contributed by atoms with Crippen LogP contribution in [0.5, 0.6) is 5.75 Å². The Kier molecular flexibility index (Phi) is 11.3. The Bertz CT molecular complexity index is 1500. The van der Waals surface area contributed by atoms with Crippen LogP contribution >= 0.6 is 0 Å². The number of phenolic OH excluding ortho intramolecular Hbond substituents is 1. The third kappa shape index (κ3) is 7.09. The number of carbonyl (C=O) groups is 4. The van der Waals surface area contributed by atoms with Gasteiger partial charge in [-0.2, -0.15) is 0 Å². The number of allylic oxidation sites excluding steroid dienone is 5. The zero-order chi connectivity index (χ0) is 34.1. The Morgan fingerprint density at radius 1 is 0.667 bits per heavy atom. The van der Waals surface area contributed by atoms with Crippen molar-refractivity contribution in [3.05, 3.63) is 75.5 Å². The third-order valence-electron chi connectivity index (χ3n) is 9.33. The molecule has 1 amide bonds. The zero-order valence-corrected chi connectivity index (χ0v) is 27.0. The Morgan fingerprint density at radius 2 is 1.20 bits per heavy atom. The minimum atomic E-state index is -1.18. The topological polar surface area (TPSA) is 181 Å². The van der Waals surface area contributed by atoms with Crippen molar-refractivity contribution < 1.29 is 44.7 Å². The van der Waals surface area contributed by atoms with Gasteiger partial charge in [0.2, 0.25) is 11.7 Å². The van der Waals surface area contributed by atoms with E-state index in [1.165, 1.54) is 45.1 Å². The molecular formula is C35H45NO9. The molecule has 0 unspecified atom stereocenters. The fourth-order valence-corrected chi connectivity index (χ4v) is 6.15. The SMILES string of the molecule is CC1=C2NC(=O)/C=C/C=C/[C@H](C)[C@H](O)[C@@H](C)[C@@H](O)[C@@H](C)[C@H](O)[C@H](C)[C@@H](O)[C@@H](C)/C=C(\C)C(=O)c3c(O)c(C)cc(c3C1=O)C2=O. The number of aryl methyl sites for hydroxylation is 1. The highest BCUT2D eigenvalue weighted by atomic mass is 16.3. The smallest absolute Gasteiger partial charge is 0.248 e. The molecule has 2 heterocycles. The van der Waals surface area contributed by atoms with E-state index in [2.05, 4.69) is 5.32 Å². The van der Waals surface area contributed by atoms with Crippen LogP contribution in [0.4, 0.5) is 0 Å². The molecule has 0 saturated carbocycles. The van der Waals surface area contributed by atoms with E-state index >= 15 is 0 Å². The van der Waals surface area contributed by atoms with Gasteiger partial charge < -0.3 is 30.8 Å². The lowest BCUT2D eigenvalue weighted by Crippen LogP contribution is -2.45. The molecule has 0 radical (unpaired) electrons. The van der Waals surface area contributed by atoms with Crippen molar-refractivity contribution in [1.29, 1.82) is 0 Å². The summed E-state index contributed by atoms with van der Waals surface area (Å²) in [5.41, 5.74) is -0.841. The van der Waals surface area contributed by atoms with Crippen LogP contribution in [0.25, 0.3) is 0 Å². The quantitative estimate of drug-likeness (QED) is 0.253. The highest BCUT2D eigenvalue weighted by molar-refractivity contribution is 6.31. The first-order valence-electron chi connectivity index (χ1n) is 15.2. The van der Waals surface area contributed by atoms with E-state index in [0.717, 1.165) is 6.08 Å². The first kappa shape index (κ1) is 35.8. The number of ketones is 3. The summed E-state index contributed by atoms with van der Waals surface area (Å²) in [7, 11) is 0. The lowest BCUT2D eigenvalue weighted by atomic mass is 9.77. The number of nitrogens with one attached hydrogen (secondary N) is 1. The number of benzene rings is 1. The summed E-state index contributed by atoms with van der Waals surface area (Å²) in [6, 6.07) is 1.30. The highest BCUT2D eigenvalue weighted by Crippen LogP contribution is 2.37. The Hall–Kier alpha value is -3.70. The van der Waals surface area contributed by atoms with Gasteiger partial charge in [-0.15, -0.1) is 0 Å². The second-order valence-electron chi connectivity index (χ2n) is 12.7. The maximum Gasteiger partial charge on any atom is 0.248 e. The number of aliphatic hydroxyl groups excluding tert-OH is 4. The molecule has 244 valence electrons. The van der Waals surface area contributed by atoms with Gasteiger partial charge in [-0.05, 0) is 38.0 Å². The van der Waals surface area contributed by atoms with Crippen molar-refractivity contribution >= 4 is 23.3 Å². The lowest BCUT2D eigenvalue weighted by molar-refractivity contribution is -0.115. The average Bonchev–Trinajstić information content (AvgIpc) is 3.01. The molecular weight excluding hydrogens is 578 g/mol. The summed E-state index contributed by atoms with van der Waals surface area (Å²) in [5, 5.41) is 57.6. The molecule has 3 aliphatic rings. The number of hydrogen-bond acceptors (Lipinski definition) is 9. The van der Waals surface area contributed by atoms with Gasteiger partial charge in [-0.1, -0.05) is 58.9 Å². The highest BCUT2D eigenvalue weighted by Gasteiger charge is 2.39. The van der Waals surface area contributed by atoms with Crippen molar-refractivity contribution in [3.8, 4) is 5.75 Å². The number of amides is 1. The number of carbonyl (C=O) groups excluding carboxylic acids is 4. The van der Waals surface area contributed by atoms with Gasteiger partial charge in [0.15, 0.2) is 11.6 Å². The van der Waals surface area contributed by atoms with E-state index in [0.29, 0.717) is 0 Å². The summed E-state index contributed by atoms with van der Waals surface area (Å²) >= 11 is 0. The Labute approximate surface area is 263 Å². The molecule has 0 aromatic heterocycles. The summed E-state index contributed by atoms with van der Waals surface area (Å²) in [4.78, 5) is 53.7. The molecule has 0 saturated heterocycles. The van der Waals surface area contributed by atoms with E-state index < -0.39 is 83.0 Å². The monoisotopic (exact) mass is 623 g/mol. The molecule has 6 N–H and O–H groups in total. The predicted molar refractivity (Wildman–Crippen MR) is 169 cm³/mol. The van der Waals surface area contributed by atoms with E-state index in [4.69, 9.17) is 0 Å². The molecule has 0 fully saturated rings. The van der Waals surface area contributed by atoms with Crippen molar-refractivity contribution in [2.45, 2.75) is 79.8 Å². The van der Waals surface area contributed by atoms with Gasteiger partial charge in [0, 0.05) is 52.4 Å². The number of aliphatic hydroxyl groups is 4. The van der Waals surface area contributed by atoms with Crippen LogP contribution in [0, 0.1) is 36.5 Å². The van der Waals surface area contributed by atoms with E-state index in [1.807, 2.05) is 0 Å². The number of aromatic hydroxyl groups is 1. The van der Waals surface area contributed by atoms with Gasteiger partial charge in [-0.25, -0.2) is 0 Å². The molecule has 1 aromatic rings. The molecule has 1 aromatic carbocycles. The minimum Gasteiger partial charge on any atom is -0.507 e. The molecule has 4 bridgehead atoms.